The fraction of sp³-hybridized carbons (Fsp3) is 0.619. The van der Waals surface area contributed by atoms with E-state index in [0.29, 0.717) is 43.1 Å². The molecule has 2 amide bonds. The minimum Gasteiger partial charge on any atom is -0.465 e. The molecule has 0 aromatic heterocycles. The maximum Gasteiger partial charge on any atom is 0.337 e. The number of rotatable bonds is 4. The van der Waals surface area contributed by atoms with E-state index in [1.165, 1.54) is 39.2 Å². The van der Waals surface area contributed by atoms with Crippen LogP contribution in [0.15, 0.2) is 24.3 Å². The highest BCUT2D eigenvalue weighted by atomic mass is 16.5. The number of aliphatic hydroxyl groups is 1. The zero-order chi connectivity index (χ0) is 19.3. The molecule has 1 aliphatic carbocycles. The minimum absolute atomic E-state index is 0.197. The first kappa shape index (κ1) is 19.7. The van der Waals surface area contributed by atoms with Gasteiger partial charge in [-0.25, -0.2) is 9.59 Å². The molecule has 0 unspecified atom stereocenters. The lowest BCUT2D eigenvalue weighted by molar-refractivity contribution is -0.0337. The zero-order valence-electron chi connectivity index (χ0n) is 16.1. The molecule has 2 aliphatic rings. The van der Waals surface area contributed by atoms with Crippen LogP contribution in [0.25, 0.3) is 0 Å². The van der Waals surface area contributed by atoms with Crippen LogP contribution in [0.2, 0.25) is 0 Å². The molecule has 6 heteroatoms. The average molecular weight is 374 g/mol. The Bertz CT molecular complexity index is 662. The number of anilines is 1. The molecule has 1 heterocycles. The predicted octanol–water partition coefficient (Wildman–Crippen LogP) is 3.80. The van der Waals surface area contributed by atoms with Crippen LogP contribution in [0.1, 0.15) is 61.7 Å². The number of likely N-dealkylation sites (tertiary alicyclic amines) is 1. The van der Waals surface area contributed by atoms with E-state index in [1.54, 1.807) is 29.2 Å². The lowest BCUT2D eigenvalue weighted by atomic mass is 9.77. The van der Waals surface area contributed by atoms with E-state index >= 15 is 0 Å². The molecule has 2 fully saturated rings. The molecule has 148 valence electrons. The Morgan fingerprint density at radius 1 is 1.22 bits per heavy atom. The maximum atomic E-state index is 12.5. The average Bonchev–Trinajstić information content (AvgIpc) is 2.68. The van der Waals surface area contributed by atoms with Gasteiger partial charge in [-0.05, 0) is 43.4 Å². The molecule has 1 saturated heterocycles. The third kappa shape index (κ3) is 5.22. The van der Waals surface area contributed by atoms with Crippen molar-refractivity contribution in [1.82, 2.24) is 4.90 Å². The lowest BCUT2D eigenvalue weighted by Gasteiger charge is -2.40. The highest BCUT2D eigenvalue weighted by Gasteiger charge is 2.36. The van der Waals surface area contributed by atoms with Crippen molar-refractivity contribution in [2.45, 2.75) is 57.0 Å². The molecule has 1 aromatic rings. The van der Waals surface area contributed by atoms with Crippen LogP contribution >= 0.6 is 0 Å². The fourth-order valence-corrected chi connectivity index (χ4v) is 4.30. The normalized spacial score (nSPS) is 20.1. The number of esters is 1. The molecule has 1 aromatic carbocycles. The van der Waals surface area contributed by atoms with Crippen molar-refractivity contribution in [3.8, 4) is 0 Å². The van der Waals surface area contributed by atoms with Gasteiger partial charge in [-0.3, -0.25) is 0 Å². The summed E-state index contributed by atoms with van der Waals surface area (Å²) in [5, 5.41) is 13.8. The van der Waals surface area contributed by atoms with Crippen molar-refractivity contribution in [3.63, 3.8) is 0 Å². The molecule has 0 bridgehead atoms. The number of carbonyl (C=O) groups is 2. The van der Waals surface area contributed by atoms with E-state index in [0.717, 1.165) is 6.42 Å². The summed E-state index contributed by atoms with van der Waals surface area (Å²) < 4.78 is 4.71. The Morgan fingerprint density at radius 3 is 2.59 bits per heavy atom. The third-order valence-corrected chi connectivity index (χ3v) is 5.91. The number of methoxy groups -OCH3 is 1. The quantitative estimate of drug-likeness (QED) is 0.786. The summed E-state index contributed by atoms with van der Waals surface area (Å²) >= 11 is 0. The summed E-state index contributed by atoms with van der Waals surface area (Å²) in [5.74, 6) is 0.196. The van der Waals surface area contributed by atoms with Crippen LogP contribution < -0.4 is 5.32 Å². The molecule has 3 rings (SSSR count). The second-order valence-electron chi connectivity index (χ2n) is 7.92. The van der Waals surface area contributed by atoms with Crippen molar-refractivity contribution < 1.29 is 19.4 Å². The number of benzene rings is 1. The molecule has 1 saturated carbocycles. The summed E-state index contributed by atoms with van der Waals surface area (Å²) in [4.78, 5) is 25.9. The highest BCUT2D eigenvalue weighted by Crippen LogP contribution is 2.35. The van der Waals surface area contributed by atoms with Crippen LogP contribution in [0.5, 0.6) is 0 Å². The molecule has 0 radical (unpaired) electrons. The number of nitrogens with one attached hydrogen (secondary N) is 1. The largest absolute Gasteiger partial charge is 0.465 e. The van der Waals surface area contributed by atoms with Crippen molar-refractivity contribution in [1.29, 1.82) is 0 Å². The number of nitrogens with zero attached hydrogens (tertiary/aromatic N) is 1. The predicted molar refractivity (Wildman–Crippen MR) is 104 cm³/mol. The Hall–Kier alpha value is -2.08. The van der Waals surface area contributed by atoms with Gasteiger partial charge in [0.25, 0.3) is 0 Å². The number of hydrogen-bond acceptors (Lipinski definition) is 4. The molecule has 2 N–H and O–H groups in total. The van der Waals surface area contributed by atoms with Gasteiger partial charge in [0.2, 0.25) is 0 Å². The minimum atomic E-state index is -0.635. The number of ether oxygens (including phenoxy) is 1. The molecule has 0 spiro atoms. The van der Waals surface area contributed by atoms with Gasteiger partial charge in [-0.2, -0.15) is 0 Å². The van der Waals surface area contributed by atoms with Crippen molar-refractivity contribution >= 4 is 17.7 Å². The van der Waals surface area contributed by atoms with Gasteiger partial charge in [0.1, 0.15) is 0 Å². The fourth-order valence-electron chi connectivity index (χ4n) is 4.30. The van der Waals surface area contributed by atoms with Crippen molar-refractivity contribution in [2.24, 2.45) is 5.92 Å². The highest BCUT2D eigenvalue weighted by molar-refractivity contribution is 5.93. The van der Waals surface area contributed by atoms with Crippen LogP contribution in [-0.4, -0.2) is 47.8 Å². The second-order valence-corrected chi connectivity index (χ2v) is 7.92. The summed E-state index contributed by atoms with van der Waals surface area (Å²) in [7, 11) is 1.33. The number of amides is 2. The molecule has 1 aliphatic heterocycles. The first-order valence-corrected chi connectivity index (χ1v) is 9.96. The van der Waals surface area contributed by atoms with Gasteiger partial charge < -0.3 is 20.1 Å². The Labute approximate surface area is 160 Å². The van der Waals surface area contributed by atoms with E-state index in [4.69, 9.17) is 4.74 Å². The topological polar surface area (TPSA) is 78.9 Å². The third-order valence-electron chi connectivity index (χ3n) is 5.91. The van der Waals surface area contributed by atoms with E-state index in [2.05, 4.69) is 5.32 Å². The molecular formula is C21H30N2O4. The Morgan fingerprint density at radius 2 is 1.93 bits per heavy atom. The SMILES string of the molecule is COC(=O)c1cccc(NC(=O)N2CCC(O)(CC3CCCCC3)CC2)c1. The van der Waals surface area contributed by atoms with Gasteiger partial charge in [-0.15, -0.1) is 0 Å². The van der Waals surface area contributed by atoms with Gasteiger partial charge >= 0.3 is 12.0 Å². The zero-order valence-corrected chi connectivity index (χ0v) is 16.1. The Kier molecular flexibility index (Phi) is 6.37. The summed E-state index contributed by atoms with van der Waals surface area (Å²) in [6, 6.07) is 6.51. The smallest absolute Gasteiger partial charge is 0.337 e. The lowest BCUT2D eigenvalue weighted by Crippen LogP contribution is -2.48. The molecule has 27 heavy (non-hydrogen) atoms. The number of piperidine rings is 1. The van der Waals surface area contributed by atoms with Gasteiger partial charge in [0.05, 0.1) is 18.3 Å². The van der Waals surface area contributed by atoms with Gasteiger partial charge in [0.15, 0.2) is 0 Å². The van der Waals surface area contributed by atoms with E-state index < -0.39 is 11.6 Å². The summed E-state index contributed by atoms with van der Waals surface area (Å²) in [6.07, 6.45) is 8.44. The second kappa shape index (κ2) is 8.74. The van der Waals surface area contributed by atoms with Gasteiger partial charge in [-0.1, -0.05) is 38.2 Å². The first-order chi connectivity index (χ1) is 13.0. The first-order valence-electron chi connectivity index (χ1n) is 9.96. The van der Waals surface area contributed by atoms with E-state index in [9.17, 15) is 14.7 Å². The molecular weight excluding hydrogens is 344 g/mol. The summed E-state index contributed by atoms with van der Waals surface area (Å²) in [6.45, 7) is 1.09. The van der Waals surface area contributed by atoms with Crippen LogP contribution in [-0.2, 0) is 4.74 Å². The number of hydrogen-bond donors (Lipinski definition) is 2. The Balaban J connectivity index is 1.51. The standard InChI is InChI=1S/C21H30N2O4/c1-27-19(24)17-8-5-9-18(14-17)22-20(25)23-12-10-21(26,11-13-23)15-16-6-3-2-4-7-16/h5,8-9,14,16,26H,2-4,6-7,10-13,15H2,1H3,(H,22,25). The number of carbonyl (C=O) groups excluding carboxylic acids is 2. The summed E-state index contributed by atoms with van der Waals surface area (Å²) in [5.41, 5.74) is 0.325. The van der Waals surface area contributed by atoms with Crippen LogP contribution in [0.3, 0.4) is 0 Å². The van der Waals surface area contributed by atoms with Crippen molar-refractivity contribution in [3.05, 3.63) is 29.8 Å². The van der Waals surface area contributed by atoms with Gasteiger partial charge in [0, 0.05) is 18.8 Å². The molecule has 6 nitrogen and oxygen atoms in total. The van der Waals surface area contributed by atoms with Crippen LogP contribution in [0.4, 0.5) is 10.5 Å². The maximum absolute atomic E-state index is 12.5. The van der Waals surface area contributed by atoms with Crippen LogP contribution in [0, 0.1) is 5.92 Å². The number of urea groups is 1. The van der Waals surface area contributed by atoms with E-state index in [1.807, 2.05) is 0 Å². The van der Waals surface area contributed by atoms with Crippen molar-refractivity contribution in [2.75, 3.05) is 25.5 Å². The molecule has 0 atom stereocenters. The monoisotopic (exact) mass is 374 g/mol. The van der Waals surface area contributed by atoms with E-state index in [-0.39, 0.29) is 6.03 Å².